The van der Waals surface area contributed by atoms with Crippen LogP contribution in [0.25, 0.3) is 0 Å². The van der Waals surface area contributed by atoms with Crippen molar-refractivity contribution in [3.05, 3.63) is 52.0 Å². The van der Waals surface area contributed by atoms with Gasteiger partial charge in [-0.3, -0.25) is 9.69 Å². The Kier molecular flexibility index (Phi) is 4.71. The lowest BCUT2D eigenvalue weighted by atomic mass is 10.1. The fraction of sp³-hybridized carbons (Fsp3) is 0.353. The minimum Gasteiger partial charge on any atom is -0.326 e. The average Bonchev–Trinajstić information content (AvgIpc) is 3.08. The van der Waals surface area contributed by atoms with Crippen molar-refractivity contribution in [2.75, 3.05) is 6.54 Å². The molecule has 5 nitrogen and oxygen atoms in total. The number of carbonyl (C=O) groups is 2. The van der Waals surface area contributed by atoms with Gasteiger partial charge >= 0.3 is 6.03 Å². The van der Waals surface area contributed by atoms with Crippen LogP contribution in [0.2, 0.25) is 0 Å². The molecule has 1 fully saturated rings. The van der Waals surface area contributed by atoms with E-state index >= 15 is 0 Å². The van der Waals surface area contributed by atoms with E-state index in [4.69, 9.17) is 0 Å². The predicted octanol–water partition coefficient (Wildman–Crippen LogP) is 2.55. The number of hydrogen-bond acceptors (Lipinski definition) is 4. The fourth-order valence-electron chi connectivity index (χ4n) is 2.72. The summed E-state index contributed by atoms with van der Waals surface area (Å²) in [7, 11) is 0. The highest BCUT2D eigenvalue weighted by molar-refractivity contribution is 7.09. The van der Waals surface area contributed by atoms with Crippen LogP contribution in [0, 0.1) is 6.92 Å². The topological polar surface area (TPSA) is 62.3 Å². The molecule has 1 aliphatic heterocycles. The molecule has 2 heterocycles. The maximum Gasteiger partial charge on any atom is 0.324 e. The standard InChI is InChI=1S/C17H19N3O2S/c1-12-15(23-11-18-12)9-10-20-16(21)14(19-17(20)22)8-7-13-5-3-2-4-6-13/h2-6,11,14H,7-10H2,1H3,(H,19,22). The predicted molar refractivity (Wildman–Crippen MR) is 89.4 cm³/mol. The van der Waals surface area contributed by atoms with Gasteiger partial charge in [0.05, 0.1) is 11.2 Å². The van der Waals surface area contributed by atoms with Crippen LogP contribution in [0.5, 0.6) is 0 Å². The Bertz CT molecular complexity index is 699. The molecular weight excluding hydrogens is 310 g/mol. The second-order valence-electron chi connectivity index (χ2n) is 5.63. The van der Waals surface area contributed by atoms with Gasteiger partial charge in [0, 0.05) is 17.8 Å². The van der Waals surface area contributed by atoms with Crippen LogP contribution in [0.15, 0.2) is 35.8 Å². The number of thiazole rings is 1. The highest BCUT2D eigenvalue weighted by atomic mass is 32.1. The molecule has 120 valence electrons. The molecule has 0 bridgehead atoms. The van der Waals surface area contributed by atoms with Crippen LogP contribution >= 0.6 is 11.3 Å². The first-order valence-corrected chi connectivity index (χ1v) is 8.58. The van der Waals surface area contributed by atoms with E-state index in [1.165, 1.54) is 10.5 Å². The van der Waals surface area contributed by atoms with E-state index in [0.717, 1.165) is 17.0 Å². The van der Waals surface area contributed by atoms with Crippen LogP contribution in [-0.4, -0.2) is 34.4 Å². The lowest BCUT2D eigenvalue weighted by molar-refractivity contribution is -0.127. The molecule has 1 aromatic carbocycles. The number of nitrogens with zero attached hydrogens (tertiary/aromatic N) is 2. The van der Waals surface area contributed by atoms with Crippen molar-refractivity contribution < 1.29 is 9.59 Å². The number of aromatic nitrogens is 1. The van der Waals surface area contributed by atoms with Crippen LogP contribution in [0.4, 0.5) is 4.79 Å². The summed E-state index contributed by atoms with van der Waals surface area (Å²) in [5.74, 6) is -0.118. The van der Waals surface area contributed by atoms with E-state index in [2.05, 4.69) is 10.3 Å². The zero-order valence-electron chi connectivity index (χ0n) is 13.0. The number of benzene rings is 1. The van der Waals surface area contributed by atoms with Gasteiger partial charge in [-0.15, -0.1) is 11.3 Å². The molecule has 3 amide bonds. The van der Waals surface area contributed by atoms with E-state index in [9.17, 15) is 9.59 Å². The molecule has 2 aromatic rings. The number of amides is 3. The average molecular weight is 329 g/mol. The molecule has 1 aromatic heterocycles. The summed E-state index contributed by atoms with van der Waals surface area (Å²) in [4.78, 5) is 31.1. The number of rotatable bonds is 6. The molecule has 0 saturated carbocycles. The van der Waals surface area contributed by atoms with Crippen molar-refractivity contribution in [1.29, 1.82) is 0 Å². The zero-order chi connectivity index (χ0) is 16.2. The summed E-state index contributed by atoms with van der Waals surface area (Å²) >= 11 is 1.56. The Labute approximate surface area is 139 Å². The fourth-order valence-corrected chi connectivity index (χ4v) is 3.49. The van der Waals surface area contributed by atoms with E-state index in [1.54, 1.807) is 16.8 Å². The Morgan fingerprint density at radius 2 is 2.00 bits per heavy atom. The van der Waals surface area contributed by atoms with Gasteiger partial charge in [0.2, 0.25) is 0 Å². The molecule has 1 aliphatic rings. The Balaban J connectivity index is 1.55. The van der Waals surface area contributed by atoms with Gasteiger partial charge in [-0.05, 0) is 25.3 Å². The lowest BCUT2D eigenvalue weighted by Crippen LogP contribution is -2.33. The normalized spacial score (nSPS) is 17.6. The van der Waals surface area contributed by atoms with E-state index in [-0.39, 0.29) is 11.9 Å². The van der Waals surface area contributed by atoms with E-state index < -0.39 is 6.04 Å². The molecule has 0 radical (unpaired) electrons. The van der Waals surface area contributed by atoms with Crippen LogP contribution < -0.4 is 5.32 Å². The van der Waals surface area contributed by atoms with Gasteiger partial charge in [-0.1, -0.05) is 30.3 Å². The van der Waals surface area contributed by atoms with Crippen molar-refractivity contribution in [3.63, 3.8) is 0 Å². The second kappa shape index (κ2) is 6.91. The number of hydrogen-bond donors (Lipinski definition) is 1. The third-order valence-corrected chi connectivity index (χ3v) is 5.07. The molecule has 1 N–H and O–H groups in total. The molecule has 23 heavy (non-hydrogen) atoms. The Morgan fingerprint density at radius 1 is 1.22 bits per heavy atom. The van der Waals surface area contributed by atoms with Gasteiger partial charge < -0.3 is 5.32 Å². The van der Waals surface area contributed by atoms with Gasteiger partial charge in [-0.2, -0.15) is 0 Å². The van der Waals surface area contributed by atoms with E-state index in [0.29, 0.717) is 19.4 Å². The maximum absolute atomic E-state index is 12.4. The van der Waals surface area contributed by atoms with Gasteiger partial charge in [0.1, 0.15) is 6.04 Å². The first-order chi connectivity index (χ1) is 11.1. The minimum atomic E-state index is -0.412. The molecule has 0 spiro atoms. The quantitative estimate of drug-likeness (QED) is 0.829. The molecule has 3 rings (SSSR count). The van der Waals surface area contributed by atoms with Crippen molar-refractivity contribution in [2.24, 2.45) is 0 Å². The number of imide groups is 1. The summed E-state index contributed by atoms with van der Waals surface area (Å²) in [6.07, 6.45) is 2.07. The largest absolute Gasteiger partial charge is 0.326 e. The zero-order valence-corrected chi connectivity index (χ0v) is 13.8. The van der Waals surface area contributed by atoms with Crippen molar-refractivity contribution in [1.82, 2.24) is 15.2 Å². The first kappa shape index (κ1) is 15.7. The number of nitrogens with one attached hydrogen (secondary N) is 1. The summed E-state index contributed by atoms with van der Waals surface area (Å²) in [6.45, 7) is 2.36. The van der Waals surface area contributed by atoms with Crippen molar-refractivity contribution in [2.45, 2.75) is 32.2 Å². The van der Waals surface area contributed by atoms with Gasteiger partial charge in [0.15, 0.2) is 0 Å². The van der Waals surface area contributed by atoms with Gasteiger partial charge in [-0.25, -0.2) is 9.78 Å². The smallest absolute Gasteiger partial charge is 0.324 e. The summed E-state index contributed by atoms with van der Waals surface area (Å²) in [5.41, 5.74) is 3.94. The highest BCUT2D eigenvalue weighted by Crippen LogP contribution is 2.17. The molecule has 1 unspecified atom stereocenters. The molecule has 6 heteroatoms. The Hall–Kier alpha value is -2.21. The third kappa shape index (κ3) is 3.59. The van der Waals surface area contributed by atoms with Crippen molar-refractivity contribution in [3.8, 4) is 0 Å². The minimum absolute atomic E-state index is 0.118. The molecule has 1 atom stereocenters. The van der Waals surface area contributed by atoms with Gasteiger partial charge in [0.25, 0.3) is 5.91 Å². The monoisotopic (exact) mass is 329 g/mol. The van der Waals surface area contributed by atoms with Crippen LogP contribution in [0.1, 0.15) is 22.6 Å². The summed E-state index contributed by atoms with van der Waals surface area (Å²) in [6, 6.07) is 9.30. The Morgan fingerprint density at radius 3 is 2.70 bits per heavy atom. The van der Waals surface area contributed by atoms with E-state index in [1.807, 2.05) is 37.3 Å². The molecule has 1 saturated heterocycles. The van der Waals surface area contributed by atoms with Crippen LogP contribution in [0.3, 0.4) is 0 Å². The second-order valence-corrected chi connectivity index (χ2v) is 6.57. The summed E-state index contributed by atoms with van der Waals surface area (Å²) in [5, 5.41) is 2.79. The molecular formula is C17H19N3O2S. The number of aryl methyl sites for hydroxylation is 2. The maximum atomic E-state index is 12.4. The summed E-state index contributed by atoms with van der Waals surface area (Å²) < 4.78 is 0. The number of carbonyl (C=O) groups excluding carboxylic acids is 2. The van der Waals surface area contributed by atoms with Crippen molar-refractivity contribution >= 4 is 23.3 Å². The lowest BCUT2D eigenvalue weighted by Gasteiger charge is -2.12. The number of urea groups is 1. The van der Waals surface area contributed by atoms with Crippen LogP contribution in [-0.2, 0) is 17.6 Å². The first-order valence-electron chi connectivity index (χ1n) is 7.70. The molecule has 0 aliphatic carbocycles. The SMILES string of the molecule is Cc1ncsc1CCN1C(=O)NC(CCc2ccccc2)C1=O. The third-order valence-electron chi connectivity index (χ3n) is 4.08. The highest BCUT2D eigenvalue weighted by Gasteiger charge is 2.37.